The van der Waals surface area contributed by atoms with Gasteiger partial charge >= 0.3 is 0 Å². The van der Waals surface area contributed by atoms with E-state index in [1.54, 1.807) is 12.1 Å². The number of piperazine rings is 1. The molecule has 1 atom stereocenters. The van der Waals surface area contributed by atoms with E-state index in [-0.39, 0.29) is 42.4 Å². The minimum atomic E-state index is -0.517. The molecule has 10 heteroatoms. The summed E-state index contributed by atoms with van der Waals surface area (Å²) in [6.07, 6.45) is -0.379. The zero-order chi connectivity index (χ0) is 18.4. The Morgan fingerprint density at radius 3 is 2.54 bits per heavy atom. The molecule has 2 heterocycles. The first-order valence-electron chi connectivity index (χ1n) is 9.01. The van der Waals surface area contributed by atoms with Gasteiger partial charge in [0.05, 0.1) is 12.2 Å². The number of benzene rings is 1. The van der Waals surface area contributed by atoms with Crippen molar-refractivity contribution in [1.29, 1.82) is 0 Å². The van der Waals surface area contributed by atoms with Gasteiger partial charge in [-0.05, 0) is 12.1 Å². The molecule has 1 aromatic carbocycles. The second kappa shape index (κ2) is 12.2. The summed E-state index contributed by atoms with van der Waals surface area (Å²) in [6.45, 7) is 5.85. The topological polar surface area (TPSA) is 73.9 Å². The fraction of sp³-hybridized carbons (Fsp3) is 0.556. The predicted molar refractivity (Wildman–Crippen MR) is 109 cm³/mol. The Bertz CT molecular complexity index is 639. The first kappa shape index (κ1) is 24.6. The summed E-state index contributed by atoms with van der Waals surface area (Å²) in [5.41, 5.74) is 0.0593. The molecule has 1 aromatic rings. The number of nitrogens with zero attached hydrogens (tertiary/aromatic N) is 2. The van der Waals surface area contributed by atoms with Crippen LogP contribution in [-0.2, 0) is 9.53 Å². The van der Waals surface area contributed by atoms with E-state index < -0.39 is 11.7 Å². The van der Waals surface area contributed by atoms with E-state index in [2.05, 4.69) is 15.5 Å². The second-order valence-electron chi connectivity index (χ2n) is 6.47. The van der Waals surface area contributed by atoms with Crippen LogP contribution in [0.2, 0.25) is 0 Å². The molecule has 7 nitrogen and oxygen atoms in total. The van der Waals surface area contributed by atoms with Gasteiger partial charge in [-0.2, -0.15) is 0 Å². The SMILES string of the molecule is Cl.Cl.O=C(NCCN1CCN(C(=O)C2CNCCO2)CC1)c1ccccc1F. The van der Waals surface area contributed by atoms with E-state index in [0.717, 1.165) is 19.6 Å². The third-order valence-corrected chi connectivity index (χ3v) is 4.72. The average Bonchev–Trinajstić information content (AvgIpc) is 2.69. The molecule has 3 rings (SSSR count). The van der Waals surface area contributed by atoms with Crippen LogP contribution in [0.25, 0.3) is 0 Å². The van der Waals surface area contributed by atoms with Crippen LogP contribution >= 0.6 is 24.8 Å². The Morgan fingerprint density at radius 1 is 1.18 bits per heavy atom. The molecule has 2 fully saturated rings. The van der Waals surface area contributed by atoms with E-state index >= 15 is 0 Å². The lowest BCUT2D eigenvalue weighted by Crippen LogP contribution is -2.55. The van der Waals surface area contributed by atoms with Gasteiger partial charge < -0.3 is 20.3 Å². The summed E-state index contributed by atoms with van der Waals surface area (Å²) in [5, 5.41) is 5.91. The van der Waals surface area contributed by atoms with Crippen molar-refractivity contribution < 1.29 is 18.7 Å². The first-order valence-corrected chi connectivity index (χ1v) is 9.01. The molecule has 2 N–H and O–H groups in total. The van der Waals surface area contributed by atoms with Crippen molar-refractivity contribution in [2.75, 3.05) is 59.0 Å². The number of nitrogens with one attached hydrogen (secondary N) is 2. The molecule has 0 saturated carbocycles. The van der Waals surface area contributed by atoms with Gasteiger partial charge in [0.1, 0.15) is 11.9 Å². The molecule has 1 unspecified atom stereocenters. The molecule has 2 saturated heterocycles. The van der Waals surface area contributed by atoms with Crippen molar-refractivity contribution in [2.45, 2.75) is 6.10 Å². The fourth-order valence-corrected chi connectivity index (χ4v) is 3.19. The lowest BCUT2D eigenvalue weighted by Gasteiger charge is -2.37. The molecule has 0 aromatic heterocycles. The largest absolute Gasteiger partial charge is 0.366 e. The Labute approximate surface area is 176 Å². The van der Waals surface area contributed by atoms with Gasteiger partial charge in [0.25, 0.3) is 11.8 Å². The highest BCUT2D eigenvalue weighted by molar-refractivity contribution is 5.94. The molecule has 2 amide bonds. The van der Waals surface area contributed by atoms with Gasteiger partial charge in [-0.15, -0.1) is 24.8 Å². The lowest BCUT2D eigenvalue weighted by molar-refractivity contribution is -0.146. The Hall–Kier alpha value is -1.45. The Balaban J connectivity index is 0.00000196. The number of carbonyl (C=O) groups is 2. The number of rotatable bonds is 5. The van der Waals surface area contributed by atoms with Crippen LogP contribution in [0.3, 0.4) is 0 Å². The molecule has 0 radical (unpaired) electrons. The Morgan fingerprint density at radius 2 is 1.89 bits per heavy atom. The smallest absolute Gasteiger partial charge is 0.254 e. The highest BCUT2D eigenvalue weighted by atomic mass is 35.5. The van der Waals surface area contributed by atoms with E-state index in [0.29, 0.717) is 39.3 Å². The lowest BCUT2D eigenvalue weighted by atomic mass is 10.2. The van der Waals surface area contributed by atoms with E-state index in [4.69, 9.17) is 4.74 Å². The van der Waals surface area contributed by atoms with Crippen molar-refractivity contribution >= 4 is 36.6 Å². The minimum Gasteiger partial charge on any atom is -0.366 e. The highest BCUT2D eigenvalue weighted by Gasteiger charge is 2.29. The zero-order valence-electron chi connectivity index (χ0n) is 15.6. The molecule has 158 valence electrons. The quantitative estimate of drug-likeness (QED) is 0.704. The van der Waals surface area contributed by atoms with Crippen molar-refractivity contribution in [3.63, 3.8) is 0 Å². The number of hydrogen-bond acceptors (Lipinski definition) is 5. The van der Waals surface area contributed by atoms with E-state index in [9.17, 15) is 14.0 Å². The monoisotopic (exact) mass is 436 g/mol. The molecular formula is C18H27Cl2FN4O3. The second-order valence-corrected chi connectivity index (χ2v) is 6.47. The number of halogens is 3. The van der Waals surface area contributed by atoms with E-state index in [1.807, 2.05) is 4.90 Å². The van der Waals surface area contributed by atoms with Gasteiger partial charge in [0, 0.05) is 52.4 Å². The maximum absolute atomic E-state index is 13.6. The number of carbonyl (C=O) groups excluding carboxylic acids is 2. The van der Waals surface area contributed by atoms with E-state index in [1.165, 1.54) is 12.1 Å². The summed E-state index contributed by atoms with van der Waals surface area (Å²) in [4.78, 5) is 28.4. The fourth-order valence-electron chi connectivity index (χ4n) is 3.19. The van der Waals surface area contributed by atoms with Gasteiger partial charge in [-0.25, -0.2) is 4.39 Å². The van der Waals surface area contributed by atoms with Crippen molar-refractivity contribution in [3.8, 4) is 0 Å². The van der Waals surface area contributed by atoms with Gasteiger partial charge in [0.15, 0.2) is 0 Å². The first-order chi connectivity index (χ1) is 12.6. The predicted octanol–water partition coefficient (Wildman–Crippen LogP) is 0.532. The van der Waals surface area contributed by atoms with Crippen molar-refractivity contribution in [1.82, 2.24) is 20.4 Å². The number of ether oxygens (including phenoxy) is 1. The van der Waals surface area contributed by atoms with Crippen LogP contribution in [0.15, 0.2) is 24.3 Å². The number of hydrogen-bond donors (Lipinski definition) is 2. The molecule has 0 bridgehead atoms. The summed E-state index contributed by atoms with van der Waals surface area (Å²) in [7, 11) is 0. The van der Waals surface area contributed by atoms with Crippen LogP contribution in [0, 0.1) is 5.82 Å². The summed E-state index contributed by atoms with van der Waals surface area (Å²) in [6, 6.07) is 5.94. The maximum atomic E-state index is 13.6. The number of amides is 2. The van der Waals surface area contributed by atoms with Crippen LogP contribution in [-0.4, -0.2) is 86.7 Å². The molecule has 0 spiro atoms. The number of morpholine rings is 1. The molecule has 28 heavy (non-hydrogen) atoms. The minimum absolute atomic E-state index is 0. The molecule has 0 aliphatic carbocycles. The molecular weight excluding hydrogens is 410 g/mol. The summed E-state index contributed by atoms with van der Waals surface area (Å²) >= 11 is 0. The van der Waals surface area contributed by atoms with Crippen LogP contribution < -0.4 is 10.6 Å². The zero-order valence-corrected chi connectivity index (χ0v) is 17.2. The normalized spacial score (nSPS) is 19.9. The third-order valence-electron chi connectivity index (χ3n) is 4.72. The highest BCUT2D eigenvalue weighted by Crippen LogP contribution is 2.08. The molecule has 2 aliphatic heterocycles. The average molecular weight is 437 g/mol. The summed E-state index contributed by atoms with van der Waals surface area (Å²) < 4.78 is 19.1. The van der Waals surface area contributed by atoms with Crippen molar-refractivity contribution in [2.24, 2.45) is 0 Å². The van der Waals surface area contributed by atoms with Gasteiger partial charge in [0.2, 0.25) is 0 Å². The van der Waals surface area contributed by atoms with Crippen LogP contribution in [0.1, 0.15) is 10.4 Å². The summed E-state index contributed by atoms with van der Waals surface area (Å²) in [5.74, 6) is -0.875. The third kappa shape index (κ3) is 6.56. The van der Waals surface area contributed by atoms with Gasteiger partial charge in [-0.3, -0.25) is 14.5 Å². The van der Waals surface area contributed by atoms with Crippen molar-refractivity contribution in [3.05, 3.63) is 35.6 Å². The maximum Gasteiger partial charge on any atom is 0.254 e. The van der Waals surface area contributed by atoms with Crippen LogP contribution in [0.4, 0.5) is 4.39 Å². The Kier molecular flexibility index (Phi) is 10.7. The molecule has 2 aliphatic rings. The van der Waals surface area contributed by atoms with Gasteiger partial charge in [-0.1, -0.05) is 12.1 Å². The van der Waals surface area contributed by atoms with Crippen LogP contribution in [0.5, 0.6) is 0 Å². The standard InChI is InChI=1S/C18H25FN4O3.2ClH/c19-15-4-2-1-3-14(15)17(24)21-5-7-22-8-10-23(11-9-22)18(25)16-13-20-6-12-26-16;;/h1-4,16,20H,5-13H2,(H,21,24);2*1H.